The van der Waals surface area contributed by atoms with Gasteiger partial charge in [-0.1, -0.05) is 42.5 Å². The molecule has 1 aliphatic heterocycles. The van der Waals surface area contributed by atoms with Gasteiger partial charge >= 0.3 is 0 Å². The van der Waals surface area contributed by atoms with Gasteiger partial charge < -0.3 is 15.1 Å². The number of amides is 2. The Morgan fingerprint density at radius 2 is 1.56 bits per heavy atom. The molecule has 0 atom stereocenters. The largest absolute Gasteiger partial charge is 0.368 e. The fourth-order valence-electron chi connectivity index (χ4n) is 4.13. The Balaban J connectivity index is 1.24. The molecule has 5 nitrogen and oxygen atoms in total. The van der Waals surface area contributed by atoms with Crippen molar-refractivity contribution in [1.82, 2.24) is 4.90 Å². The Bertz CT molecular complexity index is 1120. The summed E-state index contributed by atoms with van der Waals surface area (Å²) in [6.45, 7) is 7.43. The maximum atomic E-state index is 13.0. The monoisotopic (exact) mass is 473 g/mol. The zero-order valence-electron chi connectivity index (χ0n) is 19.8. The average Bonchev–Trinajstić information content (AvgIpc) is 2.86. The lowest BCUT2D eigenvalue weighted by molar-refractivity contribution is -0.113. The van der Waals surface area contributed by atoms with Crippen molar-refractivity contribution in [2.45, 2.75) is 19.6 Å². The summed E-state index contributed by atoms with van der Waals surface area (Å²) in [5.74, 6) is 1.19. The second-order valence-electron chi connectivity index (χ2n) is 8.60. The summed E-state index contributed by atoms with van der Waals surface area (Å²) in [7, 11) is 0. The summed E-state index contributed by atoms with van der Waals surface area (Å²) >= 11 is 1.56. The Hall–Kier alpha value is -3.25. The van der Waals surface area contributed by atoms with Crippen molar-refractivity contribution in [3.63, 3.8) is 0 Å². The van der Waals surface area contributed by atoms with Gasteiger partial charge in [0.2, 0.25) is 5.91 Å². The van der Waals surface area contributed by atoms with Crippen LogP contribution in [0, 0.1) is 13.8 Å². The molecule has 1 heterocycles. The number of hydrogen-bond acceptors (Lipinski definition) is 4. The lowest BCUT2D eigenvalue weighted by Crippen LogP contribution is -2.49. The van der Waals surface area contributed by atoms with E-state index in [1.165, 1.54) is 16.8 Å². The van der Waals surface area contributed by atoms with Crippen LogP contribution in [0.4, 0.5) is 11.4 Å². The first kappa shape index (κ1) is 23.9. The summed E-state index contributed by atoms with van der Waals surface area (Å²) in [5.41, 5.74) is 6.51. The third-order valence-corrected chi connectivity index (χ3v) is 7.25. The number of nitrogens with zero attached hydrogens (tertiary/aromatic N) is 2. The minimum atomic E-state index is -0.0111. The molecule has 0 aromatic heterocycles. The highest BCUT2D eigenvalue weighted by atomic mass is 32.2. The molecule has 1 N–H and O–H groups in total. The van der Waals surface area contributed by atoms with Crippen molar-refractivity contribution in [3.05, 3.63) is 95.1 Å². The molecule has 1 saturated heterocycles. The number of anilines is 2. The average molecular weight is 474 g/mol. The van der Waals surface area contributed by atoms with E-state index in [2.05, 4.69) is 42.3 Å². The highest BCUT2D eigenvalue weighted by molar-refractivity contribution is 7.99. The quantitative estimate of drug-likeness (QED) is 0.516. The Morgan fingerprint density at radius 1 is 0.853 bits per heavy atom. The summed E-state index contributed by atoms with van der Waals surface area (Å²) in [4.78, 5) is 29.4. The van der Waals surface area contributed by atoms with Crippen LogP contribution >= 0.6 is 11.8 Å². The van der Waals surface area contributed by atoms with Crippen molar-refractivity contribution in [2.24, 2.45) is 0 Å². The fraction of sp³-hybridized carbons (Fsp3) is 0.286. The highest BCUT2D eigenvalue weighted by Crippen LogP contribution is 2.24. The molecule has 4 rings (SSSR count). The van der Waals surface area contributed by atoms with Gasteiger partial charge in [-0.05, 0) is 60.9 Å². The molecule has 0 spiro atoms. The summed E-state index contributed by atoms with van der Waals surface area (Å²) < 4.78 is 0. The van der Waals surface area contributed by atoms with Crippen LogP contribution in [0.3, 0.4) is 0 Å². The van der Waals surface area contributed by atoms with Crippen LogP contribution in [0.25, 0.3) is 0 Å². The van der Waals surface area contributed by atoms with Crippen molar-refractivity contribution in [3.8, 4) is 0 Å². The predicted octanol–water partition coefficient (Wildman–Crippen LogP) is 5.14. The zero-order valence-corrected chi connectivity index (χ0v) is 20.6. The number of carbonyl (C=O) groups is 2. The third-order valence-electron chi connectivity index (χ3n) is 6.24. The second kappa shape index (κ2) is 11.3. The number of thioether (sulfide) groups is 1. The fourth-order valence-corrected chi connectivity index (χ4v) is 4.92. The number of rotatable bonds is 7. The maximum Gasteiger partial charge on any atom is 0.253 e. The molecule has 176 valence electrons. The van der Waals surface area contributed by atoms with Crippen LogP contribution in [0.5, 0.6) is 0 Å². The SMILES string of the molecule is Cc1cccc(N2CCN(C(=O)c3ccc(CSCC(=O)Nc4ccccc4)cc3)CC2)c1C. The summed E-state index contributed by atoms with van der Waals surface area (Å²) in [5, 5.41) is 2.89. The van der Waals surface area contributed by atoms with Crippen molar-refractivity contribution in [1.29, 1.82) is 0 Å². The number of aryl methyl sites for hydroxylation is 1. The van der Waals surface area contributed by atoms with E-state index in [4.69, 9.17) is 0 Å². The summed E-state index contributed by atoms with van der Waals surface area (Å²) in [6, 6.07) is 23.7. The van der Waals surface area contributed by atoms with E-state index in [-0.39, 0.29) is 11.8 Å². The topological polar surface area (TPSA) is 52.7 Å². The first-order valence-electron chi connectivity index (χ1n) is 11.6. The van der Waals surface area contributed by atoms with Gasteiger partial charge in [0.1, 0.15) is 0 Å². The number of para-hydroxylation sites is 1. The lowest BCUT2D eigenvalue weighted by atomic mass is 10.1. The first-order chi connectivity index (χ1) is 16.5. The molecule has 0 saturated carbocycles. The molecule has 3 aromatic carbocycles. The number of benzene rings is 3. The number of carbonyl (C=O) groups excluding carboxylic acids is 2. The Labute approximate surface area is 206 Å². The molecule has 6 heteroatoms. The van der Waals surface area contributed by atoms with Crippen LogP contribution in [-0.4, -0.2) is 48.6 Å². The molecule has 0 unspecified atom stereocenters. The van der Waals surface area contributed by atoms with Crippen LogP contribution in [0.1, 0.15) is 27.0 Å². The smallest absolute Gasteiger partial charge is 0.253 e. The van der Waals surface area contributed by atoms with E-state index in [0.29, 0.717) is 5.75 Å². The Morgan fingerprint density at radius 3 is 2.26 bits per heavy atom. The maximum absolute atomic E-state index is 13.0. The van der Waals surface area contributed by atoms with E-state index >= 15 is 0 Å². The van der Waals surface area contributed by atoms with Crippen molar-refractivity contribution >= 4 is 35.0 Å². The molecule has 0 bridgehead atoms. The normalized spacial score (nSPS) is 13.6. The molecular weight excluding hydrogens is 442 g/mol. The molecule has 1 aliphatic rings. The van der Waals surface area contributed by atoms with Crippen molar-refractivity contribution in [2.75, 3.05) is 42.1 Å². The van der Waals surface area contributed by atoms with Crippen LogP contribution in [0.15, 0.2) is 72.8 Å². The van der Waals surface area contributed by atoms with E-state index < -0.39 is 0 Å². The predicted molar refractivity (Wildman–Crippen MR) is 142 cm³/mol. The van der Waals surface area contributed by atoms with Gasteiger partial charge in [-0.15, -0.1) is 11.8 Å². The van der Waals surface area contributed by atoms with E-state index in [1.807, 2.05) is 59.5 Å². The van der Waals surface area contributed by atoms with Crippen LogP contribution < -0.4 is 10.2 Å². The first-order valence-corrected chi connectivity index (χ1v) is 12.8. The van der Waals surface area contributed by atoms with Gasteiger partial charge in [-0.2, -0.15) is 0 Å². The van der Waals surface area contributed by atoms with Gasteiger partial charge in [-0.25, -0.2) is 0 Å². The van der Waals surface area contributed by atoms with E-state index in [1.54, 1.807) is 11.8 Å². The number of hydrogen-bond donors (Lipinski definition) is 1. The third kappa shape index (κ3) is 6.00. The molecular formula is C28H31N3O2S. The molecule has 3 aromatic rings. The molecule has 2 amide bonds. The van der Waals surface area contributed by atoms with Gasteiger partial charge in [-0.3, -0.25) is 9.59 Å². The minimum Gasteiger partial charge on any atom is -0.368 e. The number of nitrogens with one attached hydrogen (secondary N) is 1. The van der Waals surface area contributed by atoms with Gasteiger partial charge in [0, 0.05) is 48.9 Å². The van der Waals surface area contributed by atoms with Gasteiger partial charge in [0.25, 0.3) is 5.91 Å². The van der Waals surface area contributed by atoms with E-state index in [9.17, 15) is 9.59 Å². The lowest BCUT2D eigenvalue weighted by Gasteiger charge is -2.37. The molecule has 0 radical (unpaired) electrons. The van der Waals surface area contributed by atoms with E-state index in [0.717, 1.165) is 48.7 Å². The van der Waals surface area contributed by atoms with Gasteiger partial charge in [0.15, 0.2) is 0 Å². The van der Waals surface area contributed by atoms with Crippen LogP contribution in [0.2, 0.25) is 0 Å². The van der Waals surface area contributed by atoms with Gasteiger partial charge in [0.05, 0.1) is 5.75 Å². The highest BCUT2D eigenvalue weighted by Gasteiger charge is 2.23. The summed E-state index contributed by atoms with van der Waals surface area (Å²) in [6.07, 6.45) is 0. The van der Waals surface area contributed by atoms with Crippen LogP contribution in [-0.2, 0) is 10.5 Å². The minimum absolute atomic E-state index is 0.0111. The molecule has 34 heavy (non-hydrogen) atoms. The standard InChI is InChI=1S/C28H31N3O2S/c1-21-7-6-10-26(22(21)2)30-15-17-31(18-16-30)28(33)24-13-11-23(12-14-24)19-34-20-27(32)29-25-8-4-3-5-9-25/h3-14H,15-20H2,1-2H3,(H,29,32). The number of piperazine rings is 1. The zero-order chi connectivity index (χ0) is 23.9. The molecule has 0 aliphatic carbocycles. The second-order valence-corrected chi connectivity index (χ2v) is 9.59. The van der Waals surface area contributed by atoms with Crippen molar-refractivity contribution < 1.29 is 9.59 Å². The Kier molecular flexibility index (Phi) is 7.91. The molecule has 1 fully saturated rings.